The Morgan fingerprint density at radius 2 is 1.71 bits per heavy atom. The number of ether oxygens (including phenoxy) is 1. The molecule has 0 aliphatic heterocycles. The highest BCUT2D eigenvalue weighted by Crippen LogP contribution is 2.22. The number of aryl methyl sites for hydroxylation is 2. The second-order valence-electron chi connectivity index (χ2n) is 5.60. The summed E-state index contributed by atoms with van der Waals surface area (Å²) in [6, 6.07) is 16.8. The Kier molecular flexibility index (Phi) is 5.82. The molecular formula is C19H25NO. The third-order valence-corrected chi connectivity index (χ3v) is 3.88. The van der Waals surface area contributed by atoms with Gasteiger partial charge in [0.25, 0.3) is 0 Å². The van der Waals surface area contributed by atoms with Crippen LogP contribution < -0.4 is 10.5 Å². The van der Waals surface area contributed by atoms with Gasteiger partial charge in [0, 0.05) is 0 Å². The van der Waals surface area contributed by atoms with E-state index >= 15 is 0 Å². The SMILES string of the molecule is Cc1ccc(C(CN)CCCOc2ccccc2C)cc1. The Bertz CT molecular complexity index is 548. The first-order chi connectivity index (χ1) is 10.2. The van der Waals surface area contributed by atoms with Crippen molar-refractivity contribution in [2.24, 2.45) is 5.73 Å². The third kappa shape index (κ3) is 4.61. The molecule has 2 N–H and O–H groups in total. The molecule has 0 saturated carbocycles. The van der Waals surface area contributed by atoms with Crippen LogP contribution in [0.5, 0.6) is 5.75 Å². The minimum absolute atomic E-state index is 0.422. The summed E-state index contributed by atoms with van der Waals surface area (Å²) in [5.41, 5.74) is 9.73. The van der Waals surface area contributed by atoms with E-state index in [9.17, 15) is 0 Å². The summed E-state index contributed by atoms with van der Waals surface area (Å²) >= 11 is 0. The number of nitrogens with two attached hydrogens (primary N) is 1. The highest BCUT2D eigenvalue weighted by Gasteiger charge is 2.09. The van der Waals surface area contributed by atoms with Crippen molar-refractivity contribution in [3.8, 4) is 5.75 Å². The van der Waals surface area contributed by atoms with Gasteiger partial charge in [0.05, 0.1) is 6.61 Å². The minimum atomic E-state index is 0.422. The van der Waals surface area contributed by atoms with Gasteiger partial charge < -0.3 is 10.5 Å². The Morgan fingerprint density at radius 3 is 2.38 bits per heavy atom. The average molecular weight is 283 g/mol. The van der Waals surface area contributed by atoms with E-state index in [1.165, 1.54) is 16.7 Å². The van der Waals surface area contributed by atoms with Gasteiger partial charge in [0.15, 0.2) is 0 Å². The molecule has 1 unspecified atom stereocenters. The van der Waals surface area contributed by atoms with Crippen molar-refractivity contribution in [2.75, 3.05) is 13.2 Å². The van der Waals surface area contributed by atoms with Gasteiger partial charge in [-0.15, -0.1) is 0 Å². The van der Waals surface area contributed by atoms with Crippen molar-refractivity contribution in [3.63, 3.8) is 0 Å². The third-order valence-electron chi connectivity index (χ3n) is 3.88. The smallest absolute Gasteiger partial charge is 0.122 e. The van der Waals surface area contributed by atoms with Crippen molar-refractivity contribution >= 4 is 0 Å². The van der Waals surface area contributed by atoms with Crippen molar-refractivity contribution in [3.05, 3.63) is 65.2 Å². The Balaban J connectivity index is 1.81. The topological polar surface area (TPSA) is 35.2 Å². The molecule has 1 atom stereocenters. The van der Waals surface area contributed by atoms with E-state index in [2.05, 4.69) is 44.2 Å². The normalized spacial score (nSPS) is 12.1. The van der Waals surface area contributed by atoms with Crippen LogP contribution in [-0.2, 0) is 0 Å². The van der Waals surface area contributed by atoms with Crippen LogP contribution in [-0.4, -0.2) is 13.2 Å². The van der Waals surface area contributed by atoms with Gasteiger partial charge in [-0.1, -0.05) is 48.0 Å². The summed E-state index contributed by atoms with van der Waals surface area (Å²) in [7, 11) is 0. The standard InChI is InChI=1S/C19H25NO/c1-15-9-11-17(12-10-15)18(14-20)7-5-13-21-19-8-4-3-6-16(19)2/h3-4,6,8-12,18H,5,7,13-14,20H2,1-2H3. The van der Waals surface area contributed by atoms with Crippen LogP contribution in [0, 0.1) is 13.8 Å². The fourth-order valence-corrected chi connectivity index (χ4v) is 2.49. The van der Waals surface area contributed by atoms with Crippen LogP contribution in [0.4, 0.5) is 0 Å². The van der Waals surface area contributed by atoms with E-state index in [0.717, 1.165) is 25.2 Å². The molecular weight excluding hydrogens is 258 g/mol. The molecule has 2 rings (SSSR count). The molecule has 2 nitrogen and oxygen atoms in total. The van der Waals surface area contributed by atoms with Crippen LogP contribution >= 0.6 is 0 Å². The second kappa shape index (κ2) is 7.84. The van der Waals surface area contributed by atoms with E-state index < -0.39 is 0 Å². The summed E-state index contributed by atoms with van der Waals surface area (Å²) in [5, 5.41) is 0. The lowest BCUT2D eigenvalue weighted by atomic mass is 9.94. The first kappa shape index (κ1) is 15.6. The van der Waals surface area contributed by atoms with Gasteiger partial charge in [0.2, 0.25) is 0 Å². The first-order valence-electron chi connectivity index (χ1n) is 7.65. The van der Waals surface area contributed by atoms with Crippen LogP contribution in [0.25, 0.3) is 0 Å². The molecule has 0 heterocycles. The summed E-state index contributed by atoms with van der Waals surface area (Å²) in [5.74, 6) is 1.41. The maximum Gasteiger partial charge on any atom is 0.122 e. The number of hydrogen-bond acceptors (Lipinski definition) is 2. The molecule has 21 heavy (non-hydrogen) atoms. The van der Waals surface area contributed by atoms with Gasteiger partial charge in [-0.2, -0.15) is 0 Å². The van der Waals surface area contributed by atoms with Gasteiger partial charge in [-0.3, -0.25) is 0 Å². The largest absolute Gasteiger partial charge is 0.493 e. The minimum Gasteiger partial charge on any atom is -0.493 e. The van der Waals surface area contributed by atoms with Gasteiger partial charge in [-0.25, -0.2) is 0 Å². The van der Waals surface area contributed by atoms with Gasteiger partial charge in [0.1, 0.15) is 5.75 Å². The monoisotopic (exact) mass is 283 g/mol. The molecule has 2 aromatic carbocycles. The fourth-order valence-electron chi connectivity index (χ4n) is 2.49. The Morgan fingerprint density at radius 1 is 1.00 bits per heavy atom. The van der Waals surface area contributed by atoms with Crippen LogP contribution in [0.1, 0.15) is 35.4 Å². The molecule has 0 amide bonds. The zero-order valence-corrected chi connectivity index (χ0v) is 13.0. The van der Waals surface area contributed by atoms with Crippen molar-refractivity contribution in [2.45, 2.75) is 32.6 Å². The number of benzene rings is 2. The summed E-state index contributed by atoms with van der Waals surface area (Å²) in [4.78, 5) is 0. The van der Waals surface area contributed by atoms with E-state index in [0.29, 0.717) is 12.5 Å². The fraction of sp³-hybridized carbons (Fsp3) is 0.368. The predicted molar refractivity (Wildman–Crippen MR) is 88.9 cm³/mol. The van der Waals surface area contributed by atoms with Crippen molar-refractivity contribution in [1.29, 1.82) is 0 Å². The molecule has 0 aliphatic carbocycles. The van der Waals surface area contributed by atoms with Crippen LogP contribution in [0.3, 0.4) is 0 Å². The van der Waals surface area contributed by atoms with Crippen LogP contribution in [0.2, 0.25) is 0 Å². The zero-order valence-electron chi connectivity index (χ0n) is 13.0. The lowest BCUT2D eigenvalue weighted by molar-refractivity contribution is 0.300. The van der Waals surface area contributed by atoms with Crippen molar-refractivity contribution in [1.82, 2.24) is 0 Å². The lowest BCUT2D eigenvalue weighted by Gasteiger charge is -2.16. The number of para-hydroxylation sites is 1. The van der Waals surface area contributed by atoms with E-state index in [1.807, 2.05) is 18.2 Å². The second-order valence-corrected chi connectivity index (χ2v) is 5.60. The molecule has 0 aromatic heterocycles. The molecule has 2 heteroatoms. The summed E-state index contributed by atoms with van der Waals surface area (Å²) < 4.78 is 5.85. The number of hydrogen-bond donors (Lipinski definition) is 1. The van der Waals surface area contributed by atoms with E-state index in [-0.39, 0.29) is 0 Å². The maximum atomic E-state index is 5.92. The molecule has 0 radical (unpaired) electrons. The molecule has 0 bridgehead atoms. The van der Waals surface area contributed by atoms with E-state index in [4.69, 9.17) is 10.5 Å². The summed E-state index contributed by atoms with van der Waals surface area (Å²) in [6.45, 7) is 5.61. The highest BCUT2D eigenvalue weighted by atomic mass is 16.5. The molecule has 0 fully saturated rings. The quantitative estimate of drug-likeness (QED) is 0.773. The lowest BCUT2D eigenvalue weighted by Crippen LogP contribution is -2.13. The average Bonchev–Trinajstić information content (AvgIpc) is 2.50. The Hall–Kier alpha value is -1.80. The summed E-state index contributed by atoms with van der Waals surface area (Å²) in [6.07, 6.45) is 2.08. The molecule has 0 saturated heterocycles. The predicted octanol–water partition coefficient (Wildman–Crippen LogP) is 4.20. The van der Waals surface area contributed by atoms with Gasteiger partial charge >= 0.3 is 0 Å². The number of rotatable bonds is 7. The van der Waals surface area contributed by atoms with E-state index in [1.54, 1.807) is 0 Å². The zero-order chi connectivity index (χ0) is 15.1. The molecule has 0 spiro atoms. The first-order valence-corrected chi connectivity index (χ1v) is 7.65. The van der Waals surface area contributed by atoms with Crippen molar-refractivity contribution < 1.29 is 4.74 Å². The van der Waals surface area contributed by atoms with Crippen LogP contribution in [0.15, 0.2) is 48.5 Å². The highest BCUT2D eigenvalue weighted by molar-refractivity contribution is 5.31. The molecule has 2 aromatic rings. The molecule has 0 aliphatic rings. The van der Waals surface area contributed by atoms with Gasteiger partial charge in [-0.05, 0) is 56.3 Å². The molecule has 112 valence electrons. The maximum absolute atomic E-state index is 5.92. The Labute approximate surface area is 127 Å².